The highest BCUT2D eigenvalue weighted by Gasteiger charge is 2.48. The van der Waals surface area contributed by atoms with Gasteiger partial charge >= 0.3 is 17.9 Å². The minimum atomic E-state index is -1.25. The molecule has 0 spiro atoms. The zero-order valence-electron chi connectivity index (χ0n) is 16.9. The van der Waals surface area contributed by atoms with Crippen LogP contribution in [0.2, 0.25) is 0 Å². The summed E-state index contributed by atoms with van der Waals surface area (Å²) in [6.07, 6.45) is 0. The highest BCUT2D eigenvalue weighted by atomic mass is 16.6. The number of nitrogens with two attached hydrogens (primary N) is 1. The monoisotopic (exact) mass is 417 g/mol. The number of rotatable bonds is 4. The van der Waals surface area contributed by atoms with Gasteiger partial charge in [-0.15, -0.1) is 0 Å². The largest absolute Gasteiger partial charge is 0.441 e. The molecule has 156 valence electrons. The number of cyclic esters (lactones) is 1. The Hall–Kier alpha value is -4.13. The first-order valence-corrected chi connectivity index (χ1v) is 9.51. The fraction of sp³-hybridized carbons (Fsp3) is 0.125. The molecular weight excluding hydrogens is 398 g/mol. The SMILES string of the molecule is CC(=O)Oc1ccc(C2(c3ccc(OC(C)=O)cc3)OC(=O)c3cc(N)ccc32)cc1. The molecule has 0 fully saturated rings. The quantitative estimate of drug-likeness (QED) is 0.393. The number of fused-ring (bicyclic) bond motifs is 1. The molecule has 1 aliphatic heterocycles. The van der Waals surface area contributed by atoms with Crippen molar-refractivity contribution in [2.24, 2.45) is 0 Å². The molecule has 7 heteroatoms. The van der Waals surface area contributed by atoms with Gasteiger partial charge in [0.2, 0.25) is 0 Å². The molecule has 0 bridgehead atoms. The van der Waals surface area contributed by atoms with Crippen LogP contribution in [-0.2, 0) is 19.9 Å². The lowest BCUT2D eigenvalue weighted by Crippen LogP contribution is -2.29. The normalized spacial score (nSPS) is 13.8. The van der Waals surface area contributed by atoms with Crippen LogP contribution >= 0.6 is 0 Å². The van der Waals surface area contributed by atoms with Crippen LogP contribution in [0.1, 0.15) is 40.9 Å². The van der Waals surface area contributed by atoms with Gasteiger partial charge in [0.25, 0.3) is 0 Å². The van der Waals surface area contributed by atoms with Crippen LogP contribution in [0.5, 0.6) is 11.5 Å². The summed E-state index contributed by atoms with van der Waals surface area (Å²) in [5, 5.41) is 0. The zero-order valence-corrected chi connectivity index (χ0v) is 16.9. The van der Waals surface area contributed by atoms with Crippen molar-refractivity contribution in [1.29, 1.82) is 0 Å². The van der Waals surface area contributed by atoms with E-state index in [2.05, 4.69) is 0 Å². The zero-order chi connectivity index (χ0) is 22.2. The maximum atomic E-state index is 12.8. The van der Waals surface area contributed by atoms with Crippen LogP contribution in [0.4, 0.5) is 5.69 Å². The van der Waals surface area contributed by atoms with Gasteiger partial charge in [0.05, 0.1) is 5.56 Å². The van der Waals surface area contributed by atoms with Gasteiger partial charge in [-0.05, 0) is 36.4 Å². The summed E-state index contributed by atoms with van der Waals surface area (Å²) in [6, 6.07) is 18.5. The van der Waals surface area contributed by atoms with E-state index in [0.717, 1.165) is 0 Å². The fourth-order valence-corrected chi connectivity index (χ4v) is 3.73. The minimum Gasteiger partial charge on any atom is -0.441 e. The molecule has 1 heterocycles. The lowest BCUT2D eigenvalue weighted by Gasteiger charge is -2.30. The highest BCUT2D eigenvalue weighted by molar-refractivity contribution is 5.97. The molecule has 31 heavy (non-hydrogen) atoms. The number of nitrogen functional groups attached to an aromatic ring is 1. The van der Waals surface area contributed by atoms with Crippen LogP contribution in [-0.4, -0.2) is 17.9 Å². The predicted molar refractivity (Wildman–Crippen MR) is 112 cm³/mol. The van der Waals surface area contributed by atoms with E-state index in [1.54, 1.807) is 66.7 Å². The third-order valence-electron chi connectivity index (χ3n) is 4.93. The van der Waals surface area contributed by atoms with Gasteiger partial charge in [0.1, 0.15) is 11.5 Å². The number of carbonyl (C=O) groups excluding carboxylic acids is 3. The summed E-state index contributed by atoms with van der Waals surface area (Å²) in [5.41, 5.74) is 7.39. The molecule has 0 unspecified atom stereocenters. The first-order chi connectivity index (χ1) is 14.8. The van der Waals surface area contributed by atoms with E-state index in [1.165, 1.54) is 13.8 Å². The number of benzene rings is 3. The number of ether oxygens (including phenoxy) is 3. The van der Waals surface area contributed by atoms with Crippen molar-refractivity contribution in [3.8, 4) is 11.5 Å². The maximum Gasteiger partial charge on any atom is 0.340 e. The summed E-state index contributed by atoms with van der Waals surface area (Å²) < 4.78 is 16.2. The second-order valence-corrected chi connectivity index (χ2v) is 7.11. The first kappa shape index (κ1) is 20.2. The highest BCUT2D eigenvalue weighted by Crippen LogP contribution is 2.48. The van der Waals surface area contributed by atoms with E-state index in [4.69, 9.17) is 19.9 Å². The molecule has 0 amide bonds. The second-order valence-electron chi connectivity index (χ2n) is 7.11. The smallest absolute Gasteiger partial charge is 0.340 e. The summed E-state index contributed by atoms with van der Waals surface area (Å²) in [7, 11) is 0. The van der Waals surface area contributed by atoms with Crippen LogP contribution in [0.15, 0.2) is 66.7 Å². The van der Waals surface area contributed by atoms with E-state index in [-0.39, 0.29) is 0 Å². The summed E-state index contributed by atoms with van der Waals surface area (Å²) >= 11 is 0. The van der Waals surface area contributed by atoms with E-state index in [1.807, 2.05) is 0 Å². The maximum absolute atomic E-state index is 12.8. The summed E-state index contributed by atoms with van der Waals surface area (Å²) in [6.45, 7) is 2.64. The Balaban J connectivity index is 1.88. The molecule has 7 nitrogen and oxygen atoms in total. The van der Waals surface area contributed by atoms with E-state index >= 15 is 0 Å². The van der Waals surface area contributed by atoms with Crippen molar-refractivity contribution in [1.82, 2.24) is 0 Å². The molecule has 2 N–H and O–H groups in total. The lowest BCUT2D eigenvalue weighted by molar-refractivity contribution is -0.132. The average Bonchev–Trinajstić information content (AvgIpc) is 3.01. The Labute approximate surface area is 178 Å². The molecule has 0 radical (unpaired) electrons. The molecule has 0 atom stereocenters. The second kappa shape index (κ2) is 7.60. The Morgan fingerprint density at radius 2 is 1.29 bits per heavy atom. The summed E-state index contributed by atoms with van der Waals surface area (Å²) in [4.78, 5) is 35.3. The van der Waals surface area contributed by atoms with Gasteiger partial charge in [0, 0.05) is 36.2 Å². The van der Waals surface area contributed by atoms with Gasteiger partial charge in [-0.3, -0.25) is 9.59 Å². The van der Waals surface area contributed by atoms with E-state index in [0.29, 0.717) is 39.4 Å². The number of esters is 3. The van der Waals surface area contributed by atoms with E-state index in [9.17, 15) is 14.4 Å². The van der Waals surface area contributed by atoms with Gasteiger partial charge in [-0.25, -0.2) is 4.79 Å². The van der Waals surface area contributed by atoms with Crippen LogP contribution in [0.3, 0.4) is 0 Å². The molecule has 4 rings (SSSR count). The van der Waals surface area contributed by atoms with E-state index < -0.39 is 23.5 Å². The molecule has 0 saturated heterocycles. The van der Waals surface area contributed by atoms with Crippen molar-refractivity contribution in [3.05, 3.63) is 89.0 Å². The van der Waals surface area contributed by atoms with Gasteiger partial charge < -0.3 is 19.9 Å². The third kappa shape index (κ3) is 3.61. The Morgan fingerprint density at radius 1 is 0.806 bits per heavy atom. The Bertz CT molecular complexity index is 1120. The van der Waals surface area contributed by atoms with Crippen molar-refractivity contribution < 1.29 is 28.6 Å². The van der Waals surface area contributed by atoms with Gasteiger partial charge in [0.15, 0.2) is 5.60 Å². The molecule has 0 aliphatic carbocycles. The standard InChI is InChI=1S/C24H19NO6/c1-14(26)29-19-8-3-16(4-9-19)24(17-5-10-20(11-6-17)30-15(2)27)22-12-7-18(25)13-21(22)23(28)31-24/h3-13H,25H2,1-2H3. The van der Waals surface area contributed by atoms with Gasteiger partial charge in [-0.2, -0.15) is 0 Å². The number of anilines is 1. The van der Waals surface area contributed by atoms with Crippen molar-refractivity contribution in [2.45, 2.75) is 19.4 Å². The average molecular weight is 417 g/mol. The number of hydrogen-bond donors (Lipinski definition) is 1. The van der Waals surface area contributed by atoms with Crippen molar-refractivity contribution in [3.63, 3.8) is 0 Å². The molecule has 1 aliphatic rings. The predicted octanol–water partition coefficient (Wildman–Crippen LogP) is 3.58. The molecule has 3 aromatic rings. The fourth-order valence-electron chi connectivity index (χ4n) is 3.73. The van der Waals surface area contributed by atoms with Crippen LogP contribution < -0.4 is 15.2 Å². The molecule has 0 saturated carbocycles. The van der Waals surface area contributed by atoms with Crippen molar-refractivity contribution >= 4 is 23.6 Å². The summed E-state index contributed by atoms with van der Waals surface area (Å²) in [5.74, 6) is -0.624. The van der Waals surface area contributed by atoms with Crippen LogP contribution in [0, 0.1) is 0 Å². The van der Waals surface area contributed by atoms with Crippen molar-refractivity contribution in [2.75, 3.05) is 5.73 Å². The topological polar surface area (TPSA) is 105 Å². The first-order valence-electron chi connectivity index (χ1n) is 9.51. The molecular formula is C24H19NO6. The number of carbonyl (C=O) groups is 3. The minimum absolute atomic E-state index is 0.369. The lowest BCUT2D eigenvalue weighted by atomic mass is 9.80. The number of hydrogen-bond acceptors (Lipinski definition) is 7. The molecule has 0 aromatic heterocycles. The Morgan fingerprint density at radius 3 is 1.74 bits per heavy atom. The third-order valence-corrected chi connectivity index (χ3v) is 4.93. The molecule has 3 aromatic carbocycles. The van der Waals surface area contributed by atoms with Gasteiger partial charge in [-0.1, -0.05) is 30.3 Å². The van der Waals surface area contributed by atoms with Crippen LogP contribution in [0.25, 0.3) is 0 Å². The Kier molecular flexibility index (Phi) is 4.94.